The van der Waals surface area contributed by atoms with Gasteiger partial charge in [0.25, 0.3) is 0 Å². The second-order valence-corrected chi connectivity index (χ2v) is 6.45. The molecule has 2 rings (SSSR count). The highest BCUT2D eigenvalue weighted by Crippen LogP contribution is 2.18. The molecule has 3 N–H and O–H groups in total. The summed E-state index contributed by atoms with van der Waals surface area (Å²) >= 11 is 0. The Morgan fingerprint density at radius 1 is 1.21 bits per heavy atom. The molecule has 0 aromatic rings. The van der Waals surface area contributed by atoms with Gasteiger partial charge >= 0.3 is 0 Å². The largest absolute Gasteiger partial charge is 0.381 e. The molecule has 138 valence electrons. The number of aliphatic imine (C=N–C) groups is 1. The summed E-state index contributed by atoms with van der Waals surface area (Å²) in [6, 6.07) is 0.385. The maximum absolute atomic E-state index is 11.7. The Morgan fingerprint density at radius 2 is 2.00 bits per heavy atom. The molecule has 1 aliphatic heterocycles. The average Bonchev–Trinajstić information content (AvgIpc) is 3.40. The minimum atomic E-state index is -0.00509. The molecule has 0 aromatic carbocycles. The fraction of sp³-hybridized carbons (Fsp3) is 0.882. The van der Waals surface area contributed by atoms with E-state index in [2.05, 4.69) is 20.9 Å². The summed E-state index contributed by atoms with van der Waals surface area (Å²) < 4.78 is 11.1. The fourth-order valence-electron chi connectivity index (χ4n) is 2.54. The van der Waals surface area contributed by atoms with Gasteiger partial charge in [-0.05, 0) is 44.9 Å². The van der Waals surface area contributed by atoms with E-state index in [9.17, 15) is 4.79 Å². The van der Waals surface area contributed by atoms with Gasteiger partial charge in [0.2, 0.25) is 5.91 Å². The third-order valence-electron chi connectivity index (χ3n) is 4.12. The summed E-state index contributed by atoms with van der Waals surface area (Å²) in [4.78, 5) is 16.0. The molecule has 1 saturated carbocycles. The van der Waals surface area contributed by atoms with Crippen molar-refractivity contribution >= 4 is 11.9 Å². The van der Waals surface area contributed by atoms with E-state index in [4.69, 9.17) is 9.47 Å². The standard InChI is InChI=1S/C17H32N4O3/c1-2-18-17(20-12-16(22)21-15-4-5-15)19-8-3-9-24-13-14-6-10-23-11-7-14/h14-15H,2-13H2,1H3,(H,21,22)(H2,18,19,20). The fourth-order valence-corrected chi connectivity index (χ4v) is 2.54. The number of hydrogen-bond donors (Lipinski definition) is 3. The number of carbonyl (C=O) groups is 1. The van der Waals surface area contributed by atoms with Gasteiger partial charge in [0.15, 0.2) is 5.96 Å². The molecule has 7 nitrogen and oxygen atoms in total. The molecule has 0 aromatic heterocycles. The van der Waals surface area contributed by atoms with Crippen molar-refractivity contribution < 1.29 is 14.3 Å². The third-order valence-corrected chi connectivity index (χ3v) is 4.12. The van der Waals surface area contributed by atoms with Gasteiger partial charge in [-0.1, -0.05) is 0 Å². The zero-order chi connectivity index (χ0) is 17.0. The van der Waals surface area contributed by atoms with Crippen LogP contribution in [0.5, 0.6) is 0 Å². The van der Waals surface area contributed by atoms with Crippen molar-refractivity contribution in [2.75, 3.05) is 46.1 Å². The lowest BCUT2D eigenvalue weighted by molar-refractivity contribution is -0.119. The molecule has 0 spiro atoms. The molecular formula is C17H32N4O3. The predicted octanol–water partition coefficient (Wildman–Crippen LogP) is 0.653. The van der Waals surface area contributed by atoms with Crippen molar-refractivity contribution in [3.05, 3.63) is 0 Å². The Labute approximate surface area is 145 Å². The molecule has 2 fully saturated rings. The van der Waals surface area contributed by atoms with Crippen LogP contribution in [0, 0.1) is 5.92 Å². The monoisotopic (exact) mass is 340 g/mol. The quantitative estimate of drug-likeness (QED) is 0.309. The molecule has 0 atom stereocenters. The molecular weight excluding hydrogens is 308 g/mol. The Bertz CT molecular complexity index is 393. The van der Waals surface area contributed by atoms with Crippen LogP contribution in [0.15, 0.2) is 4.99 Å². The van der Waals surface area contributed by atoms with E-state index in [-0.39, 0.29) is 12.5 Å². The lowest BCUT2D eigenvalue weighted by atomic mass is 10.0. The number of guanidine groups is 1. The first-order chi connectivity index (χ1) is 11.8. The van der Waals surface area contributed by atoms with E-state index < -0.39 is 0 Å². The van der Waals surface area contributed by atoms with Crippen LogP contribution in [0.2, 0.25) is 0 Å². The van der Waals surface area contributed by atoms with E-state index in [1.807, 2.05) is 6.92 Å². The molecule has 0 bridgehead atoms. The van der Waals surface area contributed by atoms with Crippen molar-refractivity contribution in [3.8, 4) is 0 Å². The van der Waals surface area contributed by atoms with Gasteiger partial charge in [0, 0.05) is 45.6 Å². The Hall–Kier alpha value is -1.34. The minimum Gasteiger partial charge on any atom is -0.381 e. The molecule has 0 radical (unpaired) electrons. The summed E-state index contributed by atoms with van der Waals surface area (Å²) in [6.07, 6.45) is 5.34. The lowest BCUT2D eigenvalue weighted by Gasteiger charge is -2.21. The predicted molar refractivity (Wildman–Crippen MR) is 94.1 cm³/mol. The SMILES string of the molecule is CCNC(=NCC(=O)NC1CC1)NCCCOCC1CCOCC1. The van der Waals surface area contributed by atoms with Crippen molar-refractivity contribution in [2.45, 2.75) is 45.1 Å². The van der Waals surface area contributed by atoms with Gasteiger partial charge in [-0.2, -0.15) is 0 Å². The van der Waals surface area contributed by atoms with Gasteiger partial charge in [-0.25, -0.2) is 4.99 Å². The van der Waals surface area contributed by atoms with Gasteiger partial charge in [-0.3, -0.25) is 4.79 Å². The van der Waals surface area contributed by atoms with Crippen LogP contribution in [0.4, 0.5) is 0 Å². The Morgan fingerprint density at radius 3 is 2.71 bits per heavy atom. The number of hydrogen-bond acceptors (Lipinski definition) is 4. The molecule has 1 saturated heterocycles. The molecule has 2 aliphatic rings. The number of ether oxygens (including phenoxy) is 2. The molecule has 1 heterocycles. The van der Waals surface area contributed by atoms with E-state index >= 15 is 0 Å². The number of nitrogens with zero attached hydrogens (tertiary/aromatic N) is 1. The second kappa shape index (κ2) is 11.3. The Balaban J connectivity index is 1.52. The molecule has 0 unspecified atom stereocenters. The van der Waals surface area contributed by atoms with Gasteiger partial charge in [-0.15, -0.1) is 0 Å². The molecule has 1 amide bonds. The summed E-state index contributed by atoms with van der Waals surface area (Å²) in [6.45, 7) is 7.05. The molecule has 24 heavy (non-hydrogen) atoms. The number of rotatable bonds is 10. The first kappa shape index (κ1) is 19.0. The van der Waals surface area contributed by atoms with Crippen LogP contribution in [-0.2, 0) is 14.3 Å². The van der Waals surface area contributed by atoms with Crippen LogP contribution in [-0.4, -0.2) is 64.0 Å². The van der Waals surface area contributed by atoms with E-state index in [1.165, 1.54) is 0 Å². The smallest absolute Gasteiger partial charge is 0.242 e. The van der Waals surface area contributed by atoms with Gasteiger partial charge in [0.05, 0.1) is 0 Å². The van der Waals surface area contributed by atoms with Crippen molar-refractivity contribution in [1.29, 1.82) is 0 Å². The van der Waals surface area contributed by atoms with E-state index in [0.717, 1.165) is 71.6 Å². The van der Waals surface area contributed by atoms with Crippen LogP contribution in [0.1, 0.15) is 39.0 Å². The molecule has 7 heteroatoms. The molecule has 1 aliphatic carbocycles. The summed E-state index contributed by atoms with van der Waals surface area (Å²) in [5, 5.41) is 9.33. The first-order valence-electron chi connectivity index (χ1n) is 9.25. The average molecular weight is 340 g/mol. The number of amides is 1. The van der Waals surface area contributed by atoms with E-state index in [1.54, 1.807) is 0 Å². The van der Waals surface area contributed by atoms with Crippen LogP contribution in [0.25, 0.3) is 0 Å². The Kier molecular flexibility index (Phi) is 8.91. The third kappa shape index (κ3) is 8.49. The van der Waals surface area contributed by atoms with Crippen molar-refractivity contribution in [1.82, 2.24) is 16.0 Å². The summed E-state index contributed by atoms with van der Waals surface area (Å²) in [5.74, 6) is 1.33. The lowest BCUT2D eigenvalue weighted by Crippen LogP contribution is -2.39. The maximum Gasteiger partial charge on any atom is 0.242 e. The zero-order valence-corrected chi connectivity index (χ0v) is 14.8. The minimum absolute atomic E-state index is 0.00509. The van der Waals surface area contributed by atoms with E-state index in [0.29, 0.717) is 17.9 Å². The number of nitrogens with one attached hydrogen (secondary N) is 3. The van der Waals surface area contributed by atoms with Crippen LogP contribution in [0.3, 0.4) is 0 Å². The topological polar surface area (TPSA) is 84.0 Å². The summed E-state index contributed by atoms with van der Waals surface area (Å²) in [5.41, 5.74) is 0. The van der Waals surface area contributed by atoms with Gasteiger partial charge in [0.1, 0.15) is 6.54 Å². The van der Waals surface area contributed by atoms with Crippen molar-refractivity contribution in [3.63, 3.8) is 0 Å². The normalized spacial score (nSPS) is 19.1. The highest BCUT2D eigenvalue weighted by molar-refractivity contribution is 5.85. The second-order valence-electron chi connectivity index (χ2n) is 6.45. The highest BCUT2D eigenvalue weighted by atomic mass is 16.5. The summed E-state index contributed by atoms with van der Waals surface area (Å²) in [7, 11) is 0. The van der Waals surface area contributed by atoms with Crippen molar-refractivity contribution in [2.24, 2.45) is 10.9 Å². The van der Waals surface area contributed by atoms with Gasteiger partial charge < -0.3 is 25.4 Å². The highest BCUT2D eigenvalue weighted by Gasteiger charge is 2.22. The zero-order valence-electron chi connectivity index (χ0n) is 14.8. The first-order valence-corrected chi connectivity index (χ1v) is 9.25. The van der Waals surface area contributed by atoms with Crippen LogP contribution < -0.4 is 16.0 Å². The number of carbonyl (C=O) groups excluding carboxylic acids is 1. The maximum atomic E-state index is 11.7. The van der Waals surface area contributed by atoms with Crippen LogP contribution >= 0.6 is 0 Å².